The van der Waals surface area contributed by atoms with Crippen LogP contribution in [0.1, 0.15) is 36.8 Å². The Balaban J connectivity index is 1.64. The van der Waals surface area contributed by atoms with Gasteiger partial charge in [0.15, 0.2) is 6.61 Å². The van der Waals surface area contributed by atoms with Crippen molar-refractivity contribution in [2.45, 2.75) is 39.2 Å². The highest BCUT2D eigenvalue weighted by molar-refractivity contribution is 7.92. The molecule has 2 aromatic carbocycles. The number of rotatable bonds is 7. The van der Waals surface area contributed by atoms with Crippen LogP contribution in [0.4, 0.5) is 5.69 Å². The van der Waals surface area contributed by atoms with Crippen LogP contribution in [0.5, 0.6) is 5.75 Å². The molecule has 0 spiro atoms. The van der Waals surface area contributed by atoms with Crippen LogP contribution in [0.2, 0.25) is 0 Å². The summed E-state index contributed by atoms with van der Waals surface area (Å²) >= 11 is 0. The van der Waals surface area contributed by atoms with E-state index in [9.17, 15) is 13.2 Å². The van der Waals surface area contributed by atoms with Gasteiger partial charge in [0, 0.05) is 13.1 Å². The number of carbonyl (C=O) groups is 1. The van der Waals surface area contributed by atoms with E-state index in [1.54, 1.807) is 24.3 Å². The molecule has 1 heterocycles. The van der Waals surface area contributed by atoms with Gasteiger partial charge in [-0.3, -0.25) is 9.10 Å². The van der Waals surface area contributed by atoms with Crippen molar-refractivity contribution in [3.8, 4) is 5.75 Å². The summed E-state index contributed by atoms with van der Waals surface area (Å²) < 4.78 is 31.7. The van der Waals surface area contributed by atoms with E-state index in [1.807, 2.05) is 36.1 Å². The van der Waals surface area contributed by atoms with E-state index in [0.717, 1.165) is 37.1 Å². The zero-order chi connectivity index (χ0) is 21.6. The standard InChI is InChI=1S/C23H30N2O4S/c1-19-7-9-20(10-8-19)17-25(30(2,27)28)21-11-13-22(14-12-21)29-18-23(26)24-15-5-3-4-6-16-24/h7-14H,3-6,15-18H2,1-2H3. The van der Waals surface area contributed by atoms with Crippen molar-refractivity contribution in [2.75, 3.05) is 30.3 Å². The quantitative estimate of drug-likeness (QED) is 0.671. The van der Waals surface area contributed by atoms with Crippen LogP contribution in [0.15, 0.2) is 48.5 Å². The number of likely N-dealkylation sites (tertiary alicyclic amines) is 1. The van der Waals surface area contributed by atoms with Crippen molar-refractivity contribution in [1.29, 1.82) is 0 Å². The van der Waals surface area contributed by atoms with Gasteiger partial charge in [-0.15, -0.1) is 0 Å². The third kappa shape index (κ3) is 6.23. The zero-order valence-corrected chi connectivity index (χ0v) is 18.5. The second-order valence-corrected chi connectivity index (χ2v) is 9.74. The van der Waals surface area contributed by atoms with Gasteiger partial charge in [-0.25, -0.2) is 8.42 Å². The van der Waals surface area contributed by atoms with Crippen LogP contribution >= 0.6 is 0 Å². The summed E-state index contributed by atoms with van der Waals surface area (Å²) in [5.74, 6) is 0.545. The van der Waals surface area contributed by atoms with Crippen LogP contribution in [0.3, 0.4) is 0 Å². The Labute approximate surface area is 179 Å². The topological polar surface area (TPSA) is 66.9 Å². The van der Waals surface area contributed by atoms with Crippen molar-refractivity contribution >= 4 is 21.6 Å². The molecule has 162 valence electrons. The van der Waals surface area contributed by atoms with E-state index in [4.69, 9.17) is 4.74 Å². The average molecular weight is 431 g/mol. The largest absolute Gasteiger partial charge is 0.484 e. The lowest BCUT2D eigenvalue weighted by Gasteiger charge is -2.23. The van der Waals surface area contributed by atoms with Crippen molar-refractivity contribution in [2.24, 2.45) is 0 Å². The Kier molecular flexibility index (Phi) is 7.37. The van der Waals surface area contributed by atoms with Gasteiger partial charge >= 0.3 is 0 Å². The summed E-state index contributed by atoms with van der Waals surface area (Å²) in [4.78, 5) is 14.2. The second kappa shape index (κ2) is 9.98. The van der Waals surface area contributed by atoms with E-state index in [-0.39, 0.29) is 19.1 Å². The molecule has 0 bridgehead atoms. The Morgan fingerprint density at radius 1 is 0.967 bits per heavy atom. The molecule has 0 aliphatic carbocycles. The van der Waals surface area contributed by atoms with E-state index in [1.165, 1.54) is 23.4 Å². The molecule has 0 unspecified atom stereocenters. The maximum atomic E-state index is 12.4. The van der Waals surface area contributed by atoms with E-state index < -0.39 is 10.0 Å². The highest BCUT2D eigenvalue weighted by Gasteiger charge is 2.19. The second-order valence-electron chi connectivity index (χ2n) is 7.83. The summed E-state index contributed by atoms with van der Waals surface area (Å²) in [5, 5.41) is 0. The van der Waals surface area contributed by atoms with Gasteiger partial charge in [-0.2, -0.15) is 0 Å². The lowest BCUT2D eigenvalue weighted by Crippen LogP contribution is -2.35. The van der Waals surface area contributed by atoms with Crippen LogP contribution in [-0.4, -0.2) is 45.2 Å². The van der Waals surface area contributed by atoms with Gasteiger partial charge in [0.1, 0.15) is 5.75 Å². The smallest absolute Gasteiger partial charge is 0.260 e. The van der Waals surface area contributed by atoms with Crippen LogP contribution in [0.25, 0.3) is 0 Å². The number of sulfonamides is 1. The molecular formula is C23H30N2O4S. The molecule has 2 aromatic rings. The molecule has 1 aliphatic heterocycles. The predicted octanol–water partition coefficient (Wildman–Crippen LogP) is 3.74. The fourth-order valence-electron chi connectivity index (χ4n) is 3.52. The number of aryl methyl sites for hydroxylation is 1. The minimum atomic E-state index is -3.45. The summed E-state index contributed by atoms with van der Waals surface area (Å²) in [6.07, 6.45) is 5.63. The Bertz CT molecular complexity index is 932. The third-order valence-corrected chi connectivity index (χ3v) is 6.43. The average Bonchev–Trinajstić information content (AvgIpc) is 3.01. The lowest BCUT2D eigenvalue weighted by atomic mass is 10.1. The number of amides is 1. The SMILES string of the molecule is Cc1ccc(CN(c2ccc(OCC(=O)N3CCCCCC3)cc2)S(C)(=O)=O)cc1. The summed E-state index contributed by atoms with van der Waals surface area (Å²) in [5.41, 5.74) is 2.60. The number of benzene rings is 2. The van der Waals surface area contributed by atoms with Crippen LogP contribution in [-0.2, 0) is 21.4 Å². The van der Waals surface area contributed by atoms with Gasteiger partial charge in [-0.1, -0.05) is 42.7 Å². The van der Waals surface area contributed by atoms with Gasteiger partial charge in [-0.05, 0) is 49.6 Å². The molecule has 0 saturated carbocycles. The Hall–Kier alpha value is -2.54. The number of nitrogens with zero attached hydrogens (tertiary/aromatic N) is 2. The molecular weight excluding hydrogens is 400 g/mol. The van der Waals surface area contributed by atoms with Crippen molar-refractivity contribution < 1.29 is 17.9 Å². The van der Waals surface area contributed by atoms with E-state index in [0.29, 0.717) is 11.4 Å². The molecule has 0 radical (unpaired) electrons. The van der Waals surface area contributed by atoms with Gasteiger partial charge in [0.2, 0.25) is 10.0 Å². The van der Waals surface area contributed by atoms with Crippen molar-refractivity contribution in [3.63, 3.8) is 0 Å². The number of carbonyl (C=O) groups excluding carboxylic acids is 1. The molecule has 1 saturated heterocycles. The number of ether oxygens (including phenoxy) is 1. The summed E-state index contributed by atoms with van der Waals surface area (Å²) in [6.45, 7) is 3.84. The number of hydrogen-bond donors (Lipinski definition) is 0. The fourth-order valence-corrected chi connectivity index (χ4v) is 4.41. The minimum Gasteiger partial charge on any atom is -0.484 e. The molecule has 0 atom stereocenters. The molecule has 1 fully saturated rings. The molecule has 1 amide bonds. The normalized spacial score (nSPS) is 14.8. The van der Waals surface area contributed by atoms with E-state index in [2.05, 4.69) is 0 Å². The van der Waals surface area contributed by atoms with E-state index >= 15 is 0 Å². The molecule has 6 nitrogen and oxygen atoms in total. The summed E-state index contributed by atoms with van der Waals surface area (Å²) in [7, 11) is -3.45. The maximum absolute atomic E-state index is 12.4. The highest BCUT2D eigenvalue weighted by atomic mass is 32.2. The maximum Gasteiger partial charge on any atom is 0.260 e. The lowest BCUT2D eigenvalue weighted by molar-refractivity contribution is -0.133. The van der Waals surface area contributed by atoms with Gasteiger partial charge in [0.05, 0.1) is 18.5 Å². The molecule has 3 rings (SSSR count). The van der Waals surface area contributed by atoms with Gasteiger partial charge in [0.25, 0.3) is 5.91 Å². The first-order chi connectivity index (χ1) is 14.3. The Morgan fingerprint density at radius 2 is 1.57 bits per heavy atom. The number of anilines is 1. The molecule has 30 heavy (non-hydrogen) atoms. The van der Waals surface area contributed by atoms with Crippen molar-refractivity contribution in [3.05, 3.63) is 59.7 Å². The monoisotopic (exact) mass is 430 g/mol. The number of hydrogen-bond acceptors (Lipinski definition) is 4. The first-order valence-corrected chi connectivity index (χ1v) is 12.2. The molecule has 0 N–H and O–H groups in total. The molecule has 0 aromatic heterocycles. The third-order valence-electron chi connectivity index (χ3n) is 5.29. The van der Waals surface area contributed by atoms with Crippen LogP contribution in [0, 0.1) is 6.92 Å². The first-order valence-electron chi connectivity index (χ1n) is 10.4. The Morgan fingerprint density at radius 3 is 2.13 bits per heavy atom. The molecule has 7 heteroatoms. The van der Waals surface area contributed by atoms with Crippen LogP contribution < -0.4 is 9.04 Å². The predicted molar refractivity (Wildman–Crippen MR) is 119 cm³/mol. The van der Waals surface area contributed by atoms with Gasteiger partial charge < -0.3 is 9.64 Å². The fraction of sp³-hybridized carbons (Fsp3) is 0.435. The zero-order valence-electron chi connectivity index (χ0n) is 17.7. The first kappa shape index (κ1) is 22.2. The minimum absolute atomic E-state index is 0.00148. The highest BCUT2D eigenvalue weighted by Crippen LogP contribution is 2.24. The summed E-state index contributed by atoms with van der Waals surface area (Å²) in [6, 6.07) is 14.6. The van der Waals surface area contributed by atoms with Crippen molar-refractivity contribution in [1.82, 2.24) is 4.90 Å². The molecule has 1 aliphatic rings.